The van der Waals surface area contributed by atoms with Gasteiger partial charge in [0.15, 0.2) is 0 Å². The molecule has 2 heterocycles. The lowest BCUT2D eigenvalue weighted by Gasteiger charge is -2.05. The van der Waals surface area contributed by atoms with Crippen LogP contribution in [0.3, 0.4) is 0 Å². The van der Waals surface area contributed by atoms with E-state index in [1.165, 1.54) is 11.1 Å². The zero-order chi connectivity index (χ0) is 17.1. The molecule has 0 aliphatic carbocycles. The SMILES string of the molecule is CCc1ccc(CNc2ncc3nc(-c4ccccc4)oc3n2)cc1. The number of fused-ring (bicyclic) bond motifs is 1. The van der Waals surface area contributed by atoms with Crippen LogP contribution >= 0.6 is 0 Å². The number of nitrogens with zero attached hydrogens (tertiary/aromatic N) is 3. The molecule has 0 saturated heterocycles. The first-order valence-electron chi connectivity index (χ1n) is 8.32. The first-order chi connectivity index (χ1) is 12.3. The predicted octanol–water partition coefficient (Wildman–Crippen LogP) is 4.46. The van der Waals surface area contributed by atoms with Crippen molar-refractivity contribution in [3.63, 3.8) is 0 Å². The van der Waals surface area contributed by atoms with Crippen LogP contribution in [0.1, 0.15) is 18.1 Å². The van der Waals surface area contributed by atoms with Crippen molar-refractivity contribution in [2.24, 2.45) is 0 Å². The van der Waals surface area contributed by atoms with Crippen LogP contribution in [0.25, 0.3) is 22.7 Å². The lowest BCUT2D eigenvalue weighted by Crippen LogP contribution is -2.03. The van der Waals surface area contributed by atoms with Crippen LogP contribution in [0.4, 0.5) is 5.95 Å². The molecule has 0 bridgehead atoms. The van der Waals surface area contributed by atoms with E-state index in [4.69, 9.17) is 4.42 Å². The number of benzene rings is 2. The van der Waals surface area contributed by atoms with Crippen molar-refractivity contribution in [1.29, 1.82) is 0 Å². The number of aryl methyl sites for hydroxylation is 1. The van der Waals surface area contributed by atoms with E-state index in [1.807, 2.05) is 30.3 Å². The van der Waals surface area contributed by atoms with Gasteiger partial charge in [-0.05, 0) is 29.7 Å². The normalized spacial score (nSPS) is 10.9. The molecular formula is C20H18N4O. The molecule has 1 N–H and O–H groups in total. The fraction of sp³-hybridized carbons (Fsp3) is 0.150. The van der Waals surface area contributed by atoms with Gasteiger partial charge in [-0.25, -0.2) is 9.97 Å². The highest BCUT2D eigenvalue weighted by atomic mass is 16.4. The summed E-state index contributed by atoms with van der Waals surface area (Å²) < 4.78 is 5.77. The van der Waals surface area contributed by atoms with Crippen LogP contribution in [-0.4, -0.2) is 15.0 Å². The average Bonchev–Trinajstić information content (AvgIpc) is 3.11. The topological polar surface area (TPSA) is 63.8 Å². The summed E-state index contributed by atoms with van der Waals surface area (Å²) in [5.41, 5.74) is 4.57. The van der Waals surface area contributed by atoms with Gasteiger partial charge in [0.25, 0.3) is 5.71 Å². The molecule has 2 aromatic carbocycles. The molecule has 0 aliphatic heterocycles. The fourth-order valence-electron chi connectivity index (χ4n) is 2.60. The highest BCUT2D eigenvalue weighted by Crippen LogP contribution is 2.23. The number of hydrogen-bond donors (Lipinski definition) is 1. The average molecular weight is 330 g/mol. The largest absolute Gasteiger partial charge is 0.417 e. The Labute approximate surface area is 145 Å². The molecule has 0 saturated carbocycles. The zero-order valence-electron chi connectivity index (χ0n) is 13.9. The number of anilines is 1. The van der Waals surface area contributed by atoms with Crippen molar-refractivity contribution in [2.45, 2.75) is 19.9 Å². The van der Waals surface area contributed by atoms with Crippen LogP contribution in [0, 0.1) is 0 Å². The van der Waals surface area contributed by atoms with E-state index in [0.717, 1.165) is 12.0 Å². The number of nitrogens with one attached hydrogen (secondary N) is 1. The second-order valence-corrected chi connectivity index (χ2v) is 5.79. The summed E-state index contributed by atoms with van der Waals surface area (Å²) in [6.45, 7) is 2.81. The van der Waals surface area contributed by atoms with Crippen molar-refractivity contribution in [3.05, 3.63) is 71.9 Å². The van der Waals surface area contributed by atoms with E-state index in [2.05, 4.69) is 51.5 Å². The molecule has 5 nitrogen and oxygen atoms in total. The Morgan fingerprint density at radius 2 is 1.68 bits per heavy atom. The van der Waals surface area contributed by atoms with Crippen LogP contribution in [0.15, 0.2) is 65.2 Å². The predicted molar refractivity (Wildman–Crippen MR) is 98.2 cm³/mol. The summed E-state index contributed by atoms with van der Waals surface area (Å²) in [7, 11) is 0. The summed E-state index contributed by atoms with van der Waals surface area (Å²) in [4.78, 5) is 13.2. The Bertz CT molecular complexity index is 978. The summed E-state index contributed by atoms with van der Waals surface area (Å²) in [6, 6.07) is 18.3. The molecule has 25 heavy (non-hydrogen) atoms. The van der Waals surface area contributed by atoms with E-state index in [-0.39, 0.29) is 0 Å². The molecule has 0 spiro atoms. The third-order valence-electron chi connectivity index (χ3n) is 4.05. The maximum Gasteiger partial charge on any atom is 0.252 e. The first kappa shape index (κ1) is 15.3. The third-order valence-corrected chi connectivity index (χ3v) is 4.05. The Kier molecular flexibility index (Phi) is 4.12. The molecule has 0 unspecified atom stereocenters. The quantitative estimate of drug-likeness (QED) is 0.585. The van der Waals surface area contributed by atoms with Crippen LogP contribution < -0.4 is 5.32 Å². The number of rotatable bonds is 5. The molecular weight excluding hydrogens is 312 g/mol. The molecule has 124 valence electrons. The Balaban J connectivity index is 1.52. The van der Waals surface area contributed by atoms with Crippen molar-refractivity contribution in [2.75, 3.05) is 5.32 Å². The molecule has 5 heteroatoms. The monoisotopic (exact) mass is 330 g/mol. The zero-order valence-corrected chi connectivity index (χ0v) is 13.9. The first-order valence-corrected chi connectivity index (χ1v) is 8.32. The van der Waals surface area contributed by atoms with Gasteiger partial charge in [0.1, 0.15) is 5.52 Å². The summed E-state index contributed by atoms with van der Waals surface area (Å²) >= 11 is 0. The summed E-state index contributed by atoms with van der Waals surface area (Å²) in [5.74, 6) is 1.08. The van der Waals surface area contributed by atoms with Crippen LogP contribution in [-0.2, 0) is 13.0 Å². The van der Waals surface area contributed by atoms with Gasteiger partial charge in [0, 0.05) is 12.1 Å². The van der Waals surface area contributed by atoms with Gasteiger partial charge < -0.3 is 9.73 Å². The van der Waals surface area contributed by atoms with E-state index in [0.29, 0.717) is 29.6 Å². The molecule has 0 fully saturated rings. The van der Waals surface area contributed by atoms with Crippen molar-refractivity contribution in [1.82, 2.24) is 15.0 Å². The van der Waals surface area contributed by atoms with Crippen molar-refractivity contribution >= 4 is 17.2 Å². The number of aromatic nitrogens is 3. The Morgan fingerprint density at radius 3 is 2.44 bits per heavy atom. The summed E-state index contributed by atoms with van der Waals surface area (Å²) in [6.07, 6.45) is 2.73. The second-order valence-electron chi connectivity index (χ2n) is 5.79. The Hall–Kier alpha value is -3.21. The standard InChI is InChI=1S/C20H18N4O/c1-2-14-8-10-15(11-9-14)12-21-20-22-13-17-19(24-20)25-18(23-17)16-6-4-3-5-7-16/h3-11,13H,2,12H2,1H3,(H,21,22,24). The summed E-state index contributed by atoms with van der Waals surface area (Å²) in [5, 5.41) is 3.23. The van der Waals surface area contributed by atoms with Gasteiger partial charge in [0.05, 0.1) is 6.20 Å². The van der Waals surface area contributed by atoms with E-state index in [9.17, 15) is 0 Å². The molecule has 0 amide bonds. The third kappa shape index (κ3) is 3.35. The van der Waals surface area contributed by atoms with Gasteiger partial charge in [-0.3, -0.25) is 0 Å². The van der Waals surface area contributed by atoms with Gasteiger partial charge in [-0.1, -0.05) is 49.4 Å². The van der Waals surface area contributed by atoms with Crippen molar-refractivity contribution < 1.29 is 4.42 Å². The molecule has 0 atom stereocenters. The maximum atomic E-state index is 5.77. The minimum atomic E-state index is 0.484. The minimum absolute atomic E-state index is 0.484. The Morgan fingerprint density at radius 1 is 0.920 bits per heavy atom. The maximum absolute atomic E-state index is 5.77. The van der Waals surface area contributed by atoms with Gasteiger partial charge in [0.2, 0.25) is 11.8 Å². The van der Waals surface area contributed by atoms with Gasteiger partial charge >= 0.3 is 0 Å². The fourth-order valence-corrected chi connectivity index (χ4v) is 2.60. The highest BCUT2D eigenvalue weighted by Gasteiger charge is 2.10. The molecule has 4 rings (SSSR count). The van der Waals surface area contributed by atoms with E-state index in [1.54, 1.807) is 6.20 Å². The highest BCUT2D eigenvalue weighted by molar-refractivity contribution is 5.72. The number of hydrogen-bond acceptors (Lipinski definition) is 5. The number of oxazole rings is 1. The molecule has 0 radical (unpaired) electrons. The molecule has 2 aromatic heterocycles. The van der Waals surface area contributed by atoms with E-state index < -0.39 is 0 Å². The smallest absolute Gasteiger partial charge is 0.252 e. The second kappa shape index (κ2) is 6.73. The van der Waals surface area contributed by atoms with Crippen LogP contribution in [0.2, 0.25) is 0 Å². The lowest BCUT2D eigenvalue weighted by atomic mass is 10.1. The van der Waals surface area contributed by atoms with E-state index >= 15 is 0 Å². The van der Waals surface area contributed by atoms with Crippen molar-refractivity contribution in [3.8, 4) is 11.5 Å². The molecule has 0 aliphatic rings. The van der Waals surface area contributed by atoms with Gasteiger partial charge in [-0.2, -0.15) is 4.98 Å². The molecule has 4 aromatic rings. The van der Waals surface area contributed by atoms with Gasteiger partial charge in [-0.15, -0.1) is 0 Å². The van der Waals surface area contributed by atoms with Crippen LogP contribution in [0.5, 0.6) is 0 Å². The lowest BCUT2D eigenvalue weighted by molar-refractivity contribution is 0.607. The minimum Gasteiger partial charge on any atom is -0.417 e.